The van der Waals surface area contributed by atoms with E-state index in [2.05, 4.69) is 10.3 Å². The Hall–Kier alpha value is -2.89. The van der Waals surface area contributed by atoms with E-state index in [4.69, 9.17) is 4.74 Å². The molecule has 1 fully saturated rings. The van der Waals surface area contributed by atoms with Gasteiger partial charge >= 0.3 is 6.03 Å². The number of benzene rings is 2. The quantitative estimate of drug-likeness (QED) is 0.728. The molecule has 1 aliphatic rings. The van der Waals surface area contributed by atoms with Crippen LogP contribution in [0.3, 0.4) is 0 Å². The maximum absolute atomic E-state index is 12.7. The van der Waals surface area contributed by atoms with Crippen molar-refractivity contribution in [2.24, 2.45) is 0 Å². The highest BCUT2D eigenvalue weighted by molar-refractivity contribution is 5.87. The molecule has 0 N–H and O–H groups in total. The third-order valence-electron chi connectivity index (χ3n) is 4.29. The molecule has 1 aliphatic heterocycles. The van der Waals surface area contributed by atoms with Crippen LogP contribution >= 0.6 is 0 Å². The highest BCUT2D eigenvalue weighted by atomic mass is 16.5. The number of hydrogen-bond donors (Lipinski definition) is 0. The van der Waals surface area contributed by atoms with Gasteiger partial charge in [-0.2, -0.15) is 4.68 Å². The summed E-state index contributed by atoms with van der Waals surface area (Å²) in [5, 5.41) is 8.05. The first-order valence-corrected chi connectivity index (χ1v) is 8.13. The van der Waals surface area contributed by atoms with E-state index >= 15 is 0 Å². The van der Waals surface area contributed by atoms with E-state index in [1.807, 2.05) is 59.5 Å². The number of fused-ring (bicyclic) bond motifs is 1. The number of piperidine rings is 1. The first kappa shape index (κ1) is 14.7. The summed E-state index contributed by atoms with van der Waals surface area (Å²) in [6, 6.07) is 17.2. The molecule has 0 unspecified atom stereocenters. The molecule has 1 aromatic heterocycles. The van der Waals surface area contributed by atoms with Crippen molar-refractivity contribution in [3.05, 3.63) is 54.6 Å². The van der Waals surface area contributed by atoms with Crippen LogP contribution in [0, 0.1) is 0 Å². The summed E-state index contributed by atoms with van der Waals surface area (Å²) in [7, 11) is 0. The summed E-state index contributed by atoms with van der Waals surface area (Å²) < 4.78 is 7.35. The van der Waals surface area contributed by atoms with E-state index < -0.39 is 0 Å². The van der Waals surface area contributed by atoms with Gasteiger partial charge < -0.3 is 9.64 Å². The second-order valence-electron chi connectivity index (χ2n) is 5.89. The van der Waals surface area contributed by atoms with Gasteiger partial charge in [0.1, 0.15) is 17.4 Å². The van der Waals surface area contributed by atoms with Gasteiger partial charge in [-0.05, 0) is 24.3 Å². The highest BCUT2D eigenvalue weighted by Gasteiger charge is 2.26. The Labute approximate surface area is 139 Å². The van der Waals surface area contributed by atoms with E-state index in [1.165, 1.54) is 4.68 Å². The van der Waals surface area contributed by atoms with Crippen molar-refractivity contribution in [2.75, 3.05) is 13.1 Å². The zero-order chi connectivity index (χ0) is 16.4. The second-order valence-corrected chi connectivity index (χ2v) is 5.89. The topological polar surface area (TPSA) is 60.2 Å². The second kappa shape index (κ2) is 6.31. The molecule has 1 amide bonds. The van der Waals surface area contributed by atoms with Gasteiger partial charge in [-0.25, -0.2) is 4.79 Å². The van der Waals surface area contributed by atoms with Gasteiger partial charge in [0.15, 0.2) is 0 Å². The van der Waals surface area contributed by atoms with Crippen molar-refractivity contribution in [3.8, 4) is 5.75 Å². The lowest BCUT2D eigenvalue weighted by atomic mass is 10.1. The van der Waals surface area contributed by atoms with Crippen LogP contribution in [0.25, 0.3) is 11.0 Å². The van der Waals surface area contributed by atoms with Crippen LogP contribution in [0.4, 0.5) is 4.79 Å². The van der Waals surface area contributed by atoms with E-state index in [0.717, 1.165) is 29.6 Å². The Balaban J connectivity index is 1.41. The Morgan fingerprint density at radius 3 is 2.50 bits per heavy atom. The van der Waals surface area contributed by atoms with Crippen molar-refractivity contribution in [1.29, 1.82) is 0 Å². The minimum Gasteiger partial charge on any atom is -0.490 e. The molecule has 3 aromatic rings. The van der Waals surface area contributed by atoms with Crippen molar-refractivity contribution in [1.82, 2.24) is 19.9 Å². The molecule has 122 valence electrons. The van der Waals surface area contributed by atoms with Crippen molar-refractivity contribution >= 4 is 17.1 Å². The standard InChI is InChI=1S/C18H18N4O2/c23-18(22-17-9-5-4-8-16(17)19-20-22)21-12-10-15(11-13-21)24-14-6-2-1-3-7-14/h1-9,15H,10-13H2. The fourth-order valence-electron chi connectivity index (χ4n) is 3.00. The minimum atomic E-state index is -0.123. The summed E-state index contributed by atoms with van der Waals surface area (Å²) in [6.45, 7) is 1.31. The molecule has 0 atom stereocenters. The van der Waals surface area contributed by atoms with Crippen molar-refractivity contribution in [3.63, 3.8) is 0 Å². The van der Waals surface area contributed by atoms with Crippen LogP contribution in [0.1, 0.15) is 12.8 Å². The molecule has 0 saturated carbocycles. The first-order valence-electron chi connectivity index (χ1n) is 8.13. The lowest BCUT2D eigenvalue weighted by Gasteiger charge is -2.31. The molecule has 2 heterocycles. The molecular formula is C18H18N4O2. The number of nitrogens with zero attached hydrogens (tertiary/aromatic N) is 4. The Morgan fingerprint density at radius 2 is 1.71 bits per heavy atom. The first-order chi connectivity index (χ1) is 11.8. The van der Waals surface area contributed by atoms with Crippen molar-refractivity contribution in [2.45, 2.75) is 18.9 Å². The van der Waals surface area contributed by atoms with Gasteiger partial charge in [-0.1, -0.05) is 35.5 Å². The lowest BCUT2D eigenvalue weighted by Crippen LogP contribution is -2.43. The van der Waals surface area contributed by atoms with Crippen LogP contribution in [0.2, 0.25) is 0 Å². The van der Waals surface area contributed by atoms with Gasteiger partial charge in [0.25, 0.3) is 0 Å². The van der Waals surface area contributed by atoms with Gasteiger partial charge in [0.05, 0.1) is 5.52 Å². The summed E-state index contributed by atoms with van der Waals surface area (Å²) in [5.74, 6) is 0.879. The van der Waals surface area contributed by atoms with Gasteiger partial charge in [0, 0.05) is 25.9 Å². The van der Waals surface area contributed by atoms with E-state index in [1.54, 1.807) is 0 Å². The fraction of sp³-hybridized carbons (Fsp3) is 0.278. The van der Waals surface area contributed by atoms with E-state index in [9.17, 15) is 4.79 Å². The molecule has 0 radical (unpaired) electrons. The number of carbonyl (C=O) groups excluding carboxylic acids is 1. The zero-order valence-electron chi connectivity index (χ0n) is 13.2. The monoisotopic (exact) mass is 322 g/mol. The maximum Gasteiger partial charge on any atom is 0.346 e. The third kappa shape index (κ3) is 2.82. The van der Waals surface area contributed by atoms with Gasteiger partial charge in [-0.15, -0.1) is 5.10 Å². The average molecular weight is 322 g/mol. The van der Waals surface area contributed by atoms with Crippen molar-refractivity contribution < 1.29 is 9.53 Å². The summed E-state index contributed by atoms with van der Waals surface area (Å²) in [6.07, 6.45) is 1.77. The molecular weight excluding hydrogens is 304 g/mol. The summed E-state index contributed by atoms with van der Waals surface area (Å²) in [5.41, 5.74) is 1.47. The molecule has 0 aliphatic carbocycles. The lowest BCUT2D eigenvalue weighted by molar-refractivity contribution is 0.111. The predicted molar refractivity (Wildman–Crippen MR) is 90.0 cm³/mol. The molecule has 6 nitrogen and oxygen atoms in total. The maximum atomic E-state index is 12.7. The SMILES string of the molecule is O=C(N1CCC(Oc2ccccc2)CC1)n1nnc2ccccc21. The largest absolute Gasteiger partial charge is 0.490 e. The number of aromatic nitrogens is 3. The number of amides is 1. The van der Waals surface area contributed by atoms with Crippen LogP contribution in [0.15, 0.2) is 54.6 Å². The Bertz CT molecular complexity index is 838. The number of likely N-dealkylation sites (tertiary alicyclic amines) is 1. The van der Waals surface area contributed by atoms with E-state index in [0.29, 0.717) is 13.1 Å². The smallest absolute Gasteiger partial charge is 0.346 e. The molecule has 1 saturated heterocycles. The number of carbonyl (C=O) groups is 1. The molecule has 0 spiro atoms. The van der Waals surface area contributed by atoms with Gasteiger partial charge in [0.2, 0.25) is 0 Å². The Morgan fingerprint density at radius 1 is 1.00 bits per heavy atom. The third-order valence-corrected chi connectivity index (χ3v) is 4.29. The molecule has 2 aromatic carbocycles. The zero-order valence-corrected chi connectivity index (χ0v) is 13.2. The fourth-order valence-corrected chi connectivity index (χ4v) is 3.00. The number of ether oxygens (including phenoxy) is 1. The molecule has 24 heavy (non-hydrogen) atoms. The average Bonchev–Trinajstić information content (AvgIpc) is 3.07. The minimum absolute atomic E-state index is 0.123. The number of rotatable bonds is 2. The number of para-hydroxylation sites is 2. The Kier molecular flexibility index (Phi) is 3.86. The van der Waals surface area contributed by atoms with Gasteiger partial charge in [-0.3, -0.25) is 0 Å². The van der Waals surface area contributed by atoms with Crippen LogP contribution in [-0.2, 0) is 0 Å². The molecule has 6 heteroatoms. The summed E-state index contributed by atoms with van der Waals surface area (Å²) in [4.78, 5) is 14.5. The molecule has 0 bridgehead atoms. The number of hydrogen-bond acceptors (Lipinski definition) is 4. The van der Waals surface area contributed by atoms with Crippen LogP contribution < -0.4 is 4.74 Å². The molecule has 4 rings (SSSR count). The predicted octanol–water partition coefficient (Wildman–Crippen LogP) is 2.94. The van der Waals surface area contributed by atoms with Crippen LogP contribution in [-0.4, -0.2) is 45.1 Å². The van der Waals surface area contributed by atoms with E-state index in [-0.39, 0.29) is 12.1 Å². The summed E-state index contributed by atoms with van der Waals surface area (Å²) >= 11 is 0. The highest BCUT2D eigenvalue weighted by Crippen LogP contribution is 2.20. The van der Waals surface area contributed by atoms with Crippen LogP contribution in [0.5, 0.6) is 5.75 Å². The normalized spacial score (nSPS) is 15.6.